The van der Waals surface area contributed by atoms with Gasteiger partial charge in [-0.2, -0.15) is 5.10 Å². The molecular weight excluding hydrogens is 1020 g/mol. The first-order chi connectivity index (χ1) is 36.8. The van der Waals surface area contributed by atoms with Crippen LogP contribution in [-0.4, -0.2) is 135 Å². The monoisotopic (exact) mass is 1090 g/mol. The molecule has 0 spiro atoms. The molecule has 0 aliphatic carbocycles. The molecule has 408 valence electrons. The maximum Gasteiger partial charge on any atom is 0.255 e. The van der Waals surface area contributed by atoms with Gasteiger partial charge in [-0.1, -0.05) is 0 Å². The van der Waals surface area contributed by atoms with Crippen molar-refractivity contribution in [3.05, 3.63) is 105 Å². The zero-order chi connectivity index (χ0) is 54.8. The lowest BCUT2D eigenvalue weighted by atomic mass is 9.87. The number of fused-ring (bicyclic) bond motifs is 1. The number of piperidine rings is 2. The van der Waals surface area contributed by atoms with Crippen molar-refractivity contribution >= 4 is 73.0 Å². The Morgan fingerprint density at radius 1 is 0.909 bits per heavy atom. The number of halogens is 1. The maximum atomic E-state index is 14.6. The first kappa shape index (κ1) is 54.9. The van der Waals surface area contributed by atoms with E-state index in [1.54, 1.807) is 68.3 Å². The number of aromatic amines is 1. The number of aryl methyl sites for hydroxylation is 1. The van der Waals surface area contributed by atoms with Crippen molar-refractivity contribution in [2.45, 2.75) is 114 Å². The van der Waals surface area contributed by atoms with E-state index in [0.29, 0.717) is 90.1 Å². The second-order valence-corrected chi connectivity index (χ2v) is 24.9. The summed E-state index contributed by atoms with van der Waals surface area (Å²) in [5, 5.41) is 19.4. The van der Waals surface area contributed by atoms with Crippen LogP contribution in [0.3, 0.4) is 0 Å². The van der Waals surface area contributed by atoms with E-state index in [1.807, 2.05) is 26.0 Å². The number of benzene rings is 2. The van der Waals surface area contributed by atoms with Gasteiger partial charge in [0.1, 0.15) is 51.2 Å². The third-order valence-electron chi connectivity index (χ3n) is 15.4. The Hall–Kier alpha value is -6.91. The Morgan fingerprint density at radius 3 is 2.30 bits per heavy atom. The number of rotatable bonds is 17. The van der Waals surface area contributed by atoms with Crippen LogP contribution >= 0.6 is 11.3 Å². The zero-order valence-electron chi connectivity index (χ0n) is 44.6. The molecule has 7 heterocycles. The van der Waals surface area contributed by atoms with Gasteiger partial charge in [-0.05, 0) is 148 Å². The van der Waals surface area contributed by atoms with Crippen LogP contribution in [0.1, 0.15) is 121 Å². The molecule has 3 aliphatic rings. The van der Waals surface area contributed by atoms with Crippen molar-refractivity contribution in [1.82, 2.24) is 50.6 Å². The van der Waals surface area contributed by atoms with Gasteiger partial charge in [0.15, 0.2) is 15.7 Å². The van der Waals surface area contributed by atoms with Crippen molar-refractivity contribution < 1.29 is 36.7 Å². The van der Waals surface area contributed by atoms with Crippen LogP contribution < -0.4 is 25.6 Å². The van der Waals surface area contributed by atoms with Crippen LogP contribution in [0, 0.1) is 31.5 Å². The zero-order valence-corrected chi connectivity index (χ0v) is 46.2. The molecule has 2 unspecified atom stereocenters. The van der Waals surface area contributed by atoms with Crippen molar-refractivity contribution in [1.29, 1.82) is 0 Å². The molecule has 3 atom stereocenters. The number of aromatic nitrogens is 6. The Balaban J connectivity index is 0.787. The van der Waals surface area contributed by atoms with Gasteiger partial charge in [0.2, 0.25) is 17.6 Å². The fourth-order valence-electron chi connectivity index (χ4n) is 10.2. The lowest BCUT2D eigenvalue weighted by Gasteiger charge is -2.38. The number of H-pyrrole nitrogens is 1. The number of anilines is 3. The quantitative estimate of drug-likeness (QED) is 0.0647. The molecule has 22 heteroatoms. The van der Waals surface area contributed by atoms with Gasteiger partial charge < -0.3 is 35.4 Å². The second kappa shape index (κ2) is 23.0. The summed E-state index contributed by atoms with van der Waals surface area (Å²) in [6.07, 6.45) is 7.89. The van der Waals surface area contributed by atoms with E-state index in [0.717, 1.165) is 55.8 Å². The highest BCUT2D eigenvalue weighted by molar-refractivity contribution is 7.92. The first-order valence-electron chi connectivity index (χ1n) is 26.3. The van der Waals surface area contributed by atoms with E-state index in [2.05, 4.69) is 46.0 Å². The third-order valence-corrected chi connectivity index (χ3v) is 18.8. The molecule has 0 saturated carbocycles. The molecule has 0 bridgehead atoms. The molecule has 2 aromatic carbocycles. The summed E-state index contributed by atoms with van der Waals surface area (Å²) in [6, 6.07) is 10.5. The fraction of sp³-hybridized carbons (Fsp3) is 0.473. The molecule has 4 N–H and O–H groups in total. The number of likely N-dealkylation sites (tertiary alicyclic amines) is 2. The second-order valence-electron chi connectivity index (χ2n) is 21.3. The summed E-state index contributed by atoms with van der Waals surface area (Å²) >= 11 is 1.30. The molecule has 0 radical (unpaired) electrons. The van der Waals surface area contributed by atoms with Gasteiger partial charge in [-0.3, -0.25) is 24.3 Å². The first-order valence-corrected chi connectivity index (χ1v) is 28.7. The SMILES string of the molecule is CNC(C)C(=O)N[C@H](C(=O)N1CCCC1c1nc(C(=O)c2ccc(F)cc2)cs1)C1CCN(C(=O)c2ccc(N3CCC(CCOc4cc5ncnc(Nc6n[nH]c(C)c6C)c5cc4S(=O)(=O)C(C)(C)C)CC3)nc2)CC1. The molecule has 9 rings (SSSR count). The Labute approximate surface area is 452 Å². The molecule has 6 aromatic rings. The van der Waals surface area contributed by atoms with Crippen LogP contribution in [0.5, 0.6) is 5.75 Å². The van der Waals surface area contributed by atoms with Crippen molar-refractivity contribution in [2.24, 2.45) is 11.8 Å². The minimum absolute atomic E-state index is 0.0799. The number of ether oxygens (including phenoxy) is 1. The molecule has 3 fully saturated rings. The van der Waals surface area contributed by atoms with Gasteiger partial charge in [0.05, 0.1) is 34.5 Å². The smallest absolute Gasteiger partial charge is 0.255 e. The molecule has 19 nitrogen and oxygen atoms in total. The van der Waals surface area contributed by atoms with Crippen LogP contribution in [-0.2, 0) is 19.4 Å². The van der Waals surface area contributed by atoms with Crippen molar-refractivity contribution in [3.63, 3.8) is 0 Å². The lowest BCUT2D eigenvalue weighted by Crippen LogP contribution is -2.57. The fourth-order valence-corrected chi connectivity index (χ4v) is 12.5. The van der Waals surface area contributed by atoms with Gasteiger partial charge >= 0.3 is 0 Å². The van der Waals surface area contributed by atoms with E-state index in [4.69, 9.17) is 9.72 Å². The summed E-state index contributed by atoms with van der Waals surface area (Å²) in [7, 11) is -2.16. The summed E-state index contributed by atoms with van der Waals surface area (Å²) in [5.41, 5.74) is 3.37. The summed E-state index contributed by atoms with van der Waals surface area (Å²) in [5.74, 6) is 0.710. The number of carbonyl (C=O) groups is 4. The van der Waals surface area contributed by atoms with Crippen LogP contribution in [0.2, 0.25) is 0 Å². The van der Waals surface area contributed by atoms with Crippen LogP contribution in [0.4, 0.5) is 21.8 Å². The third kappa shape index (κ3) is 11.8. The van der Waals surface area contributed by atoms with Crippen molar-refractivity contribution in [2.75, 3.05) is 56.6 Å². The molecule has 77 heavy (non-hydrogen) atoms. The number of likely N-dealkylation sites (N-methyl/N-ethyl adjacent to an activating group) is 1. The Morgan fingerprint density at radius 2 is 1.64 bits per heavy atom. The number of nitrogens with zero attached hydrogens (tertiary/aromatic N) is 8. The lowest BCUT2D eigenvalue weighted by molar-refractivity contribution is -0.139. The number of nitrogens with one attached hydrogen (secondary N) is 4. The van der Waals surface area contributed by atoms with Gasteiger partial charge in [0.25, 0.3) is 5.91 Å². The normalized spacial score (nSPS) is 17.6. The topological polar surface area (TPSA) is 238 Å². The highest BCUT2D eigenvalue weighted by Crippen LogP contribution is 2.39. The Bertz CT molecular complexity index is 3240. The highest BCUT2D eigenvalue weighted by atomic mass is 32.2. The predicted octanol–water partition coefficient (Wildman–Crippen LogP) is 7.50. The summed E-state index contributed by atoms with van der Waals surface area (Å²) < 4.78 is 46.8. The number of thiazole rings is 1. The molecular formula is C55H67FN12O7S2. The molecule has 3 amide bonds. The van der Waals surface area contributed by atoms with Crippen LogP contribution in [0.25, 0.3) is 10.9 Å². The van der Waals surface area contributed by atoms with E-state index in [-0.39, 0.29) is 51.8 Å². The number of ketones is 1. The summed E-state index contributed by atoms with van der Waals surface area (Å²) in [6.45, 7) is 13.7. The number of pyridine rings is 1. The van der Waals surface area contributed by atoms with Crippen molar-refractivity contribution in [3.8, 4) is 5.75 Å². The summed E-state index contributed by atoms with van der Waals surface area (Å²) in [4.78, 5) is 79.2. The maximum absolute atomic E-state index is 14.6. The average Bonchev–Trinajstić information content (AvgIpc) is 4.24. The number of hydrogen-bond donors (Lipinski definition) is 4. The average molecular weight is 1090 g/mol. The largest absolute Gasteiger partial charge is 0.492 e. The van der Waals surface area contributed by atoms with E-state index in [9.17, 15) is 32.0 Å². The van der Waals surface area contributed by atoms with Crippen LogP contribution in [0.15, 0.2) is 71.3 Å². The standard InChI is InChI=1S/C55H67FN12O7S2/c1-32-33(2)64-65-49(32)63-50-40-27-45(77(73,74)55(4,5)6)44(28-41(40)59-31-60-50)75-26-20-35-16-22-66(23-17-35)46-15-12-38(29-58-46)53(71)67-24-18-36(19-25-67)47(62-51(70)34(3)57-7)54(72)68-21-8-9-43(68)52-61-42(30-76-52)48(69)37-10-13-39(56)14-11-37/h10-15,27-31,34-36,43,47,57H,8-9,16-26H2,1-7H3,(H,62,70)(H2,59,60,63,64,65)/t34?,43?,47-/m0/s1. The van der Waals surface area contributed by atoms with E-state index < -0.39 is 32.5 Å². The minimum Gasteiger partial charge on any atom is -0.492 e. The minimum atomic E-state index is -3.84. The number of amides is 3. The highest BCUT2D eigenvalue weighted by Gasteiger charge is 2.42. The molecule has 4 aromatic heterocycles. The van der Waals surface area contributed by atoms with Gasteiger partial charge in [0, 0.05) is 72.6 Å². The van der Waals surface area contributed by atoms with E-state index in [1.165, 1.54) is 41.9 Å². The molecule has 3 aliphatic heterocycles. The predicted molar refractivity (Wildman–Crippen MR) is 292 cm³/mol. The van der Waals surface area contributed by atoms with Gasteiger partial charge in [-0.25, -0.2) is 32.7 Å². The Kier molecular flexibility index (Phi) is 16.4. The molecule has 3 saturated heterocycles. The number of carbonyl (C=O) groups excluding carboxylic acids is 4. The van der Waals surface area contributed by atoms with Gasteiger partial charge in [-0.15, -0.1) is 11.3 Å². The number of hydrogen-bond acceptors (Lipinski definition) is 16. The number of sulfone groups is 1. The van der Waals surface area contributed by atoms with E-state index >= 15 is 0 Å².